The zero-order valence-corrected chi connectivity index (χ0v) is 7.11. The molecule has 1 rings (SSSR count). The van der Waals surface area contributed by atoms with Gasteiger partial charge in [-0.25, -0.2) is 4.99 Å². The smallest absolute Gasteiger partial charge is 0.141 e. The summed E-state index contributed by atoms with van der Waals surface area (Å²) in [4.78, 5) is 14.8. The van der Waals surface area contributed by atoms with Gasteiger partial charge >= 0.3 is 0 Å². The second kappa shape index (κ2) is 3.49. The number of nitrogens with zero attached hydrogens (tertiary/aromatic N) is 1. The average Bonchev–Trinajstić information content (AvgIpc) is 2.03. The van der Waals surface area contributed by atoms with Crippen LogP contribution in [0.3, 0.4) is 0 Å². The van der Waals surface area contributed by atoms with Crippen molar-refractivity contribution in [3.63, 3.8) is 0 Å². The van der Waals surface area contributed by atoms with E-state index in [1.165, 1.54) is 19.2 Å². The third kappa shape index (κ3) is 1.71. The molecule has 0 saturated carbocycles. The van der Waals surface area contributed by atoms with Gasteiger partial charge in [0, 0.05) is 13.3 Å². The highest BCUT2D eigenvalue weighted by molar-refractivity contribution is 5.95. The van der Waals surface area contributed by atoms with Crippen LogP contribution in [0.15, 0.2) is 16.9 Å². The minimum Gasteiger partial charge on any atom is -0.388 e. The lowest BCUT2D eigenvalue weighted by Crippen LogP contribution is -2.30. The van der Waals surface area contributed by atoms with Gasteiger partial charge in [-0.2, -0.15) is 0 Å². The highest BCUT2D eigenvalue weighted by Gasteiger charge is 2.23. The quantitative estimate of drug-likeness (QED) is 0.595. The number of aliphatic hydroxyl groups is 1. The lowest BCUT2D eigenvalue weighted by atomic mass is 9.98. The normalized spacial score (nSPS) is 28.1. The molecule has 1 aliphatic heterocycles. The monoisotopic (exact) mass is 168 g/mol. The van der Waals surface area contributed by atoms with Crippen LogP contribution in [0, 0.1) is 5.92 Å². The molecule has 1 heterocycles. The van der Waals surface area contributed by atoms with Crippen LogP contribution in [0.5, 0.6) is 0 Å². The Hall–Kier alpha value is -1.16. The van der Waals surface area contributed by atoms with Crippen LogP contribution in [0.4, 0.5) is 0 Å². The number of nitrogens with one attached hydrogen (secondary N) is 1. The topological polar surface area (TPSA) is 61.7 Å². The summed E-state index contributed by atoms with van der Waals surface area (Å²) in [6.07, 6.45) is 2.26. The third-order valence-corrected chi connectivity index (χ3v) is 1.80. The van der Waals surface area contributed by atoms with Gasteiger partial charge in [-0.1, -0.05) is 0 Å². The van der Waals surface area contributed by atoms with Crippen LogP contribution in [-0.2, 0) is 4.79 Å². The van der Waals surface area contributed by atoms with Crippen LogP contribution < -0.4 is 5.32 Å². The zero-order chi connectivity index (χ0) is 9.14. The fourth-order valence-corrected chi connectivity index (χ4v) is 1.05. The lowest BCUT2D eigenvalue weighted by molar-refractivity contribution is -0.120. The number of carbonyl (C=O) groups excluding carboxylic acids is 1. The summed E-state index contributed by atoms with van der Waals surface area (Å²) in [7, 11) is 1.71. The number of Topliss-reactive ketones (excluding diaryl/α,β-unsaturated/α-hetero) is 1. The minimum absolute atomic E-state index is 0.0716. The van der Waals surface area contributed by atoms with Gasteiger partial charge in [0.2, 0.25) is 0 Å². The summed E-state index contributed by atoms with van der Waals surface area (Å²) in [5.74, 6) is 0.0414. The molecule has 1 aliphatic rings. The maximum Gasteiger partial charge on any atom is 0.141 e. The third-order valence-electron chi connectivity index (χ3n) is 1.80. The molecule has 0 radical (unpaired) electrons. The Morgan fingerprint density at radius 2 is 2.42 bits per heavy atom. The number of hydrogen-bond donors (Lipinski definition) is 2. The summed E-state index contributed by atoms with van der Waals surface area (Å²) in [6, 6.07) is 0. The molecule has 0 aliphatic carbocycles. The highest BCUT2D eigenvalue weighted by atomic mass is 16.3. The number of ketones is 1. The second-order valence-electron chi connectivity index (χ2n) is 2.71. The first-order chi connectivity index (χ1) is 5.65. The second-order valence-corrected chi connectivity index (χ2v) is 2.71. The lowest BCUT2D eigenvalue weighted by Gasteiger charge is -2.18. The van der Waals surface area contributed by atoms with Gasteiger partial charge in [-0.3, -0.25) is 4.79 Å². The van der Waals surface area contributed by atoms with Crippen LogP contribution in [0.1, 0.15) is 6.92 Å². The highest BCUT2D eigenvalue weighted by Crippen LogP contribution is 2.12. The predicted octanol–water partition coefficient (Wildman–Crippen LogP) is -0.302. The van der Waals surface area contributed by atoms with Crippen molar-refractivity contribution >= 4 is 12.0 Å². The first-order valence-electron chi connectivity index (χ1n) is 3.77. The molecule has 0 bridgehead atoms. The Morgan fingerprint density at radius 1 is 1.75 bits per heavy atom. The van der Waals surface area contributed by atoms with E-state index in [4.69, 9.17) is 0 Å². The largest absolute Gasteiger partial charge is 0.388 e. The molecule has 0 fully saturated rings. The molecule has 0 aromatic carbocycles. The van der Waals surface area contributed by atoms with Crippen molar-refractivity contribution < 1.29 is 9.90 Å². The molecule has 0 aromatic rings. The molecule has 66 valence electrons. The van der Waals surface area contributed by atoms with Crippen LogP contribution in [0.2, 0.25) is 0 Å². The molecule has 4 heteroatoms. The van der Waals surface area contributed by atoms with Gasteiger partial charge in [0.15, 0.2) is 0 Å². The fourth-order valence-electron chi connectivity index (χ4n) is 1.05. The van der Waals surface area contributed by atoms with Crippen molar-refractivity contribution in [2.45, 2.75) is 13.0 Å². The van der Waals surface area contributed by atoms with Crippen molar-refractivity contribution in [1.82, 2.24) is 5.32 Å². The summed E-state index contributed by atoms with van der Waals surface area (Å²) in [5.41, 5.74) is 0. The van der Waals surface area contributed by atoms with E-state index in [-0.39, 0.29) is 5.78 Å². The molecule has 0 spiro atoms. The molecular formula is C8H12N2O2. The van der Waals surface area contributed by atoms with E-state index >= 15 is 0 Å². The molecule has 0 saturated heterocycles. The number of aliphatic imine (C=N–C) groups is 1. The first kappa shape index (κ1) is 8.93. The summed E-state index contributed by atoms with van der Waals surface area (Å²) in [5, 5.41) is 12.2. The van der Waals surface area contributed by atoms with E-state index in [9.17, 15) is 9.90 Å². The predicted molar refractivity (Wildman–Crippen MR) is 45.8 cm³/mol. The molecular weight excluding hydrogens is 156 g/mol. The molecule has 4 nitrogen and oxygen atoms in total. The molecule has 2 N–H and O–H groups in total. The molecule has 2 unspecified atom stereocenters. The molecule has 2 atom stereocenters. The van der Waals surface area contributed by atoms with Crippen LogP contribution >= 0.6 is 0 Å². The zero-order valence-electron chi connectivity index (χ0n) is 7.11. The van der Waals surface area contributed by atoms with Crippen molar-refractivity contribution in [2.24, 2.45) is 10.9 Å². The Labute approximate surface area is 71.0 Å². The van der Waals surface area contributed by atoms with Gasteiger partial charge in [-0.15, -0.1) is 0 Å². The van der Waals surface area contributed by atoms with E-state index in [0.717, 1.165) is 0 Å². The molecule has 12 heavy (non-hydrogen) atoms. The number of rotatable bonds is 2. The van der Waals surface area contributed by atoms with Crippen LogP contribution in [0.25, 0.3) is 0 Å². The molecule has 0 amide bonds. The number of hydrogen-bond acceptors (Lipinski definition) is 4. The van der Waals surface area contributed by atoms with Gasteiger partial charge in [0.1, 0.15) is 11.6 Å². The van der Waals surface area contributed by atoms with Gasteiger partial charge in [0.05, 0.1) is 12.0 Å². The Morgan fingerprint density at radius 3 is 2.83 bits per heavy atom. The number of carbonyl (C=O) groups is 1. The summed E-state index contributed by atoms with van der Waals surface area (Å²) in [6.45, 7) is 1.44. The van der Waals surface area contributed by atoms with E-state index in [2.05, 4.69) is 10.3 Å². The maximum absolute atomic E-state index is 10.9. The minimum atomic E-state index is -0.748. The fraction of sp³-hybridized carbons (Fsp3) is 0.500. The maximum atomic E-state index is 10.9. The van der Waals surface area contributed by atoms with Gasteiger partial charge in [-0.05, 0) is 13.0 Å². The van der Waals surface area contributed by atoms with E-state index in [1.807, 2.05) is 0 Å². The summed E-state index contributed by atoms with van der Waals surface area (Å²) >= 11 is 0. The van der Waals surface area contributed by atoms with Crippen molar-refractivity contribution in [2.75, 3.05) is 7.05 Å². The standard InChI is InChI=1S/C8H12N2O2/c1-5(11)6-4-10-8(9-2)3-7(6)12/h3-4,6-7,9,12H,1-2H3. The van der Waals surface area contributed by atoms with Gasteiger partial charge in [0.25, 0.3) is 0 Å². The van der Waals surface area contributed by atoms with Gasteiger partial charge < -0.3 is 10.4 Å². The Bertz CT molecular complexity index is 245. The Balaban J connectivity index is 2.74. The van der Waals surface area contributed by atoms with E-state index in [0.29, 0.717) is 5.82 Å². The van der Waals surface area contributed by atoms with Crippen LogP contribution in [-0.4, -0.2) is 30.3 Å². The van der Waals surface area contributed by atoms with E-state index < -0.39 is 12.0 Å². The first-order valence-corrected chi connectivity index (χ1v) is 3.77. The summed E-state index contributed by atoms with van der Waals surface area (Å²) < 4.78 is 0. The van der Waals surface area contributed by atoms with Crippen molar-refractivity contribution in [3.8, 4) is 0 Å². The van der Waals surface area contributed by atoms with Crippen molar-refractivity contribution in [1.29, 1.82) is 0 Å². The van der Waals surface area contributed by atoms with Crippen molar-refractivity contribution in [3.05, 3.63) is 11.9 Å². The Kier molecular flexibility index (Phi) is 2.60. The molecule has 0 aromatic heterocycles. The van der Waals surface area contributed by atoms with E-state index in [1.54, 1.807) is 7.05 Å². The average molecular weight is 168 g/mol. The SMILES string of the molecule is CNC1=CC(O)C(C(C)=O)C=N1. The number of aliphatic hydroxyl groups excluding tert-OH is 1.